The summed E-state index contributed by atoms with van der Waals surface area (Å²) < 4.78 is 0. The molecule has 0 bridgehead atoms. The highest BCUT2D eigenvalue weighted by molar-refractivity contribution is 9.09. The zero-order valence-corrected chi connectivity index (χ0v) is 8.90. The quantitative estimate of drug-likeness (QED) is 0.744. The molecule has 1 atom stereocenters. The highest BCUT2D eigenvalue weighted by Gasteiger charge is 2.16. The molecule has 0 aliphatic carbocycles. The third-order valence-corrected chi connectivity index (χ3v) is 2.89. The van der Waals surface area contributed by atoms with Crippen molar-refractivity contribution in [2.24, 2.45) is 5.92 Å². The number of carbonyl (C=O) groups excluding carboxylic acids is 1. The van der Waals surface area contributed by atoms with E-state index in [1.165, 1.54) is 19.3 Å². The second kappa shape index (κ2) is 5.57. The third kappa shape index (κ3) is 3.57. The van der Waals surface area contributed by atoms with Crippen LogP contribution in [0.4, 0.5) is 0 Å². The van der Waals surface area contributed by atoms with Gasteiger partial charge in [-0.2, -0.15) is 0 Å². The zero-order valence-electron chi connectivity index (χ0n) is 7.31. The minimum absolute atomic E-state index is 0.243. The van der Waals surface area contributed by atoms with Crippen molar-refractivity contribution in [3.05, 3.63) is 0 Å². The van der Waals surface area contributed by atoms with Crippen LogP contribution in [0.3, 0.4) is 0 Å². The van der Waals surface area contributed by atoms with Gasteiger partial charge < -0.3 is 5.32 Å². The van der Waals surface area contributed by atoms with E-state index < -0.39 is 0 Å². The molecule has 12 heavy (non-hydrogen) atoms. The standard InChI is InChI=1S/C9H16BrNO/c10-5-1-3-8-4-2-6-11-9(12)7-8/h8H,1-7H2,(H,11,12). The van der Waals surface area contributed by atoms with Crippen molar-refractivity contribution in [2.45, 2.75) is 32.1 Å². The lowest BCUT2D eigenvalue weighted by molar-refractivity contribution is -0.121. The van der Waals surface area contributed by atoms with Gasteiger partial charge in [0.2, 0.25) is 5.91 Å². The van der Waals surface area contributed by atoms with E-state index >= 15 is 0 Å². The van der Waals surface area contributed by atoms with E-state index in [4.69, 9.17) is 0 Å². The normalized spacial score (nSPS) is 24.8. The molecule has 1 heterocycles. The Labute approximate surface area is 82.2 Å². The summed E-state index contributed by atoms with van der Waals surface area (Å²) in [6.07, 6.45) is 5.49. The SMILES string of the molecule is O=C1CC(CCCBr)CCCN1. The Morgan fingerprint density at radius 3 is 3.17 bits per heavy atom. The molecule has 70 valence electrons. The molecule has 1 rings (SSSR count). The third-order valence-electron chi connectivity index (χ3n) is 2.33. The second-order valence-corrected chi connectivity index (χ2v) is 4.19. The minimum atomic E-state index is 0.243. The summed E-state index contributed by atoms with van der Waals surface area (Å²) in [6, 6.07) is 0. The van der Waals surface area contributed by atoms with Crippen LogP contribution < -0.4 is 5.32 Å². The Morgan fingerprint density at radius 1 is 1.58 bits per heavy atom. The Morgan fingerprint density at radius 2 is 2.42 bits per heavy atom. The van der Waals surface area contributed by atoms with Crippen LogP contribution in [0.25, 0.3) is 0 Å². The number of carbonyl (C=O) groups is 1. The minimum Gasteiger partial charge on any atom is -0.356 e. The molecule has 1 aliphatic heterocycles. The van der Waals surface area contributed by atoms with Gasteiger partial charge in [-0.1, -0.05) is 15.9 Å². The predicted octanol–water partition coefficient (Wildman–Crippen LogP) is 2.08. The summed E-state index contributed by atoms with van der Waals surface area (Å²) in [5.41, 5.74) is 0. The number of hydrogen-bond acceptors (Lipinski definition) is 1. The Balaban J connectivity index is 2.26. The van der Waals surface area contributed by atoms with Crippen molar-refractivity contribution >= 4 is 21.8 Å². The summed E-state index contributed by atoms with van der Waals surface area (Å²) in [4.78, 5) is 11.1. The topological polar surface area (TPSA) is 29.1 Å². The number of nitrogens with one attached hydrogen (secondary N) is 1. The Bertz CT molecular complexity index is 149. The Kier molecular flexibility index (Phi) is 4.66. The van der Waals surface area contributed by atoms with Crippen LogP contribution in [-0.2, 0) is 4.79 Å². The van der Waals surface area contributed by atoms with Gasteiger partial charge in [0.1, 0.15) is 0 Å². The van der Waals surface area contributed by atoms with Crippen molar-refractivity contribution < 1.29 is 4.79 Å². The van der Waals surface area contributed by atoms with Gasteiger partial charge in [0.05, 0.1) is 0 Å². The molecule has 1 amide bonds. The smallest absolute Gasteiger partial charge is 0.220 e. The maximum Gasteiger partial charge on any atom is 0.220 e. The van der Waals surface area contributed by atoms with Crippen LogP contribution in [0.1, 0.15) is 32.1 Å². The molecule has 0 aromatic heterocycles. The molecule has 0 spiro atoms. The summed E-state index contributed by atoms with van der Waals surface area (Å²) in [5.74, 6) is 0.872. The first-order valence-electron chi connectivity index (χ1n) is 4.65. The molecule has 0 aromatic rings. The van der Waals surface area contributed by atoms with Gasteiger partial charge in [-0.15, -0.1) is 0 Å². The van der Waals surface area contributed by atoms with Gasteiger partial charge in [0, 0.05) is 18.3 Å². The molecule has 0 radical (unpaired) electrons. The molecule has 1 aliphatic rings. The average Bonchev–Trinajstić information content (AvgIpc) is 2.26. The van der Waals surface area contributed by atoms with E-state index in [0.29, 0.717) is 5.92 Å². The number of halogens is 1. The van der Waals surface area contributed by atoms with Gasteiger partial charge in [0.25, 0.3) is 0 Å². The van der Waals surface area contributed by atoms with E-state index in [0.717, 1.165) is 24.7 Å². The van der Waals surface area contributed by atoms with E-state index in [-0.39, 0.29) is 5.91 Å². The summed E-state index contributed by atoms with van der Waals surface area (Å²) in [5, 5.41) is 3.96. The fourth-order valence-corrected chi connectivity index (χ4v) is 1.99. The Hall–Kier alpha value is -0.0500. The molecule has 2 nitrogen and oxygen atoms in total. The molecule has 1 unspecified atom stereocenters. The number of amides is 1. The number of rotatable bonds is 3. The highest BCUT2D eigenvalue weighted by atomic mass is 79.9. The first-order chi connectivity index (χ1) is 5.83. The second-order valence-electron chi connectivity index (χ2n) is 3.39. The lowest BCUT2D eigenvalue weighted by Gasteiger charge is -2.10. The lowest BCUT2D eigenvalue weighted by Crippen LogP contribution is -2.22. The lowest BCUT2D eigenvalue weighted by atomic mass is 9.95. The van der Waals surface area contributed by atoms with Crippen LogP contribution in [-0.4, -0.2) is 17.8 Å². The largest absolute Gasteiger partial charge is 0.356 e. The maximum absolute atomic E-state index is 11.1. The van der Waals surface area contributed by atoms with Gasteiger partial charge in [-0.3, -0.25) is 4.79 Å². The van der Waals surface area contributed by atoms with Gasteiger partial charge in [0.15, 0.2) is 0 Å². The maximum atomic E-state index is 11.1. The van der Waals surface area contributed by atoms with E-state index in [1.807, 2.05) is 0 Å². The van der Waals surface area contributed by atoms with Crippen molar-refractivity contribution in [1.82, 2.24) is 5.32 Å². The van der Waals surface area contributed by atoms with Crippen molar-refractivity contribution in [3.63, 3.8) is 0 Å². The van der Waals surface area contributed by atoms with Gasteiger partial charge in [-0.25, -0.2) is 0 Å². The average molecular weight is 234 g/mol. The van der Waals surface area contributed by atoms with E-state index in [2.05, 4.69) is 21.2 Å². The summed E-state index contributed by atoms with van der Waals surface area (Å²) in [6.45, 7) is 0.879. The molecule has 3 heteroatoms. The summed E-state index contributed by atoms with van der Waals surface area (Å²) in [7, 11) is 0. The monoisotopic (exact) mass is 233 g/mol. The van der Waals surface area contributed by atoms with Crippen LogP contribution in [0.2, 0.25) is 0 Å². The van der Waals surface area contributed by atoms with Crippen LogP contribution in [0.5, 0.6) is 0 Å². The summed E-state index contributed by atoms with van der Waals surface area (Å²) >= 11 is 3.41. The molecule has 0 aromatic carbocycles. The fraction of sp³-hybridized carbons (Fsp3) is 0.889. The van der Waals surface area contributed by atoms with Crippen molar-refractivity contribution in [2.75, 3.05) is 11.9 Å². The zero-order chi connectivity index (χ0) is 8.81. The van der Waals surface area contributed by atoms with Crippen LogP contribution >= 0.6 is 15.9 Å². The first kappa shape index (κ1) is 10.0. The van der Waals surface area contributed by atoms with E-state index in [9.17, 15) is 4.79 Å². The molecule has 1 fully saturated rings. The molecule has 1 N–H and O–H groups in total. The molecule has 1 saturated heterocycles. The first-order valence-corrected chi connectivity index (χ1v) is 5.77. The van der Waals surface area contributed by atoms with Crippen molar-refractivity contribution in [3.8, 4) is 0 Å². The predicted molar refractivity (Wildman–Crippen MR) is 53.4 cm³/mol. The molecular weight excluding hydrogens is 218 g/mol. The van der Waals surface area contributed by atoms with Crippen LogP contribution in [0.15, 0.2) is 0 Å². The number of alkyl halides is 1. The van der Waals surface area contributed by atoms with Crippen LogP contribution in [0, 0.1) is 5.92 Å². The van der Waals surface area contributed by atoms with Crippen molar-refractivity contribution in [1.29, 1.82) is 0 Å². The fourth-order valence-electron chi connectivity index (χ4n) is 1.67. The molecular formula is C9H16BrNO. The van der Waals surface area contributed by atoms with Gasteiger partial charge >= 0.3 is 0 Å². The molecule has 0 saturated carbocycles. The van der Waals surface area contributed by atoms with Gasteiger partial charge in [-0.05, 0) is 31.6 Å². The highest BCUT2D eigenvalue weighted by Crippen LogP contribution is 2.19. The van der Waals surface area contributed by atoms with E-state index in [1.54, 1.807) is 0 Å². The number of hydrogen-bond donors (Lipinski definition) is 1.